The van der Waals surface area contributed by atoms with E-state index in [-0.39, 0.29) is 11.8 Å². The van der Waals surface area contributed by atoms with Crippen molar-refractivity contribution in [2.45, 2.75) is 19.3 Å². The van der Waals surface area contributed by atoms with E-state index in [1.165, 1.54) is 0 Å². The number of carbonyl (C=O) groups is 1. The number of imidazole rings is 1. The van der Waals surface area contributed by atoms with E-state index >= 15 is 0 Å². The summed E-state index contributed by atoms with van der Waals surface area (Å²) in [5, 5.41) is 0. The Hall–Kier alpha value is -3.02. The quantitative estimate of drug-likeness (QED) is 0.731. The number of likely N-dealkylation sites (tertiary alicyclic amines) is 1. The van der Waals surface area contributed by atoms with Crippen molar-refractivity contribution in [3.05, 3.63) is 65.9 Å². The fraction of sp³-hybridized carbons (Fsp3) is 0.300. The molecule has 132 valence electrons. The summed E-state index contributed by atoms with van der Waals surface area (Å²) in [6.45, 7) is 3.35. The van der Waals surface area contributed by atoms with Crippen molar-refractivity contribution in [1.29, 1.82) is 0 Å². The van der Waals surface area contributed by atoms with Crippen LogP contribution in [0, 0.1) is 6.92 Å². The van der Waals surface area contributed by atoms with Crippen LogP contribution in [-0.4, -0.2) is 43.4 Å². The van der Waals surface area contributed by atoms with Gasteiger partial charge in [0.25, 0.3) is 5.91 Å². The summed E-state index contributed by atoms with van der Waals surface area (Å²) >= 11 is 0. The van der Waals surface area contributed by atoms with Gasteiger partial charge in [0.15, 0.2) is 5.82 Å². The topological polar surface area (TPSA) is 63.9 Å². The molecule has 6 heteroatoms. The molecule has 6 nitrogen and oxygen atoms in total. The molecule has 1 aromatic carbocycles. The fourth-order valence-corrected chi connectivity index (χ4v) is 3.42. The summed E-state index contributed by atoms with van der Waals surface area (Å²) in [4.78, 5) is 28.3. The highest BCUT2D eigenvalue weighted by molar-refractivity contribution is 5.94. The van der Waals surface area contributed by atoms with Crippen molar-refractivity contribution in [3.8, 4) is 11.5 Å². The number of carbonyl (C=O) groups excluding carboxylic acids is 1. The van der Waals surface area contributed by atoms with Crippen molar-refractivity contribution in [2.75, 3.05) is 13.1 Å². The van der Waals surface area contributed by atoms with Crippen LogP contribution in [0.3, 0.4) is 0 Å². The van der Waals surface area contributed by atoms with E-state index in [1.807, 2.05) is 66.0 Å². The third-order valence-corrected chi connectivity index (χ3v) is 4.78. The predicted octanol–water partition coefficient (Wildman–Crippen LogP) is 2.82. The summed E-state index contributed by atoms with van der Waals surface area (Å²) in [7, 11) is 1.95. The van der Waals surface area contributed by atoms with Crippen molar-refractivity contribution in [3.63, 3.8) is 0 Å². The molecule has 1 saturated heterocycles. The molecule has 0 radical (unpaired) electrons. The third kappa shape index (κ3) is 3.10. The molecule has 1 aliphatic heterocycles. The van der Waals surface area contributed by atoms with E-state index in [0.29, 0.717) is 6.54 Å². The first-order valence-electron chi connectivity index (χ1n) is 8.79. The summed E-state index contributed by atoms with van der Waals surface area (Å²) in [5.41, 5.74) is 2.47. The highest BCUT2D eigenvalue weighted by Gasteiger charge is 2.30. The van der Waals surface area contributed by atoms with Gasteiger partial charge in [0.2, 0.25) is 0 Å². The van der Waals surface area contributed by atoms with E-state index in [0.717, 1.165) is 41.6 Å². The van der Waals surface area contributed by atoms with E-state index in [2.05, 4.69) is 9.97 Å². The predicted molar refractivity (Wildman–Crippen MR) is 98.7 cm³/mol. The van der Waals surface area contributed by atoms with E-state index in [1.54, 1.807) is 6.20 Å². The van der Waals surface area contributed by atoms with Gasteiger partial charge in [-0.25, -0.2) is 15.0 Å². The monoisotopic (exact) mass is 347 g/mol. The molecule has 26 heavy (non-hydrogen) atoms. The van der Waals surface area contributed by atoms with Crippen LogP contribution in [-0.2, 0) is 7.05 Å². The first-order chi connectivity index (χ1) is 12.6. The molecule has 0 bridgehead atoms. The van der Waals surface area contributed by atoms with Crippen LogP contribution in [0.5, 0.6) is 0 Å². The van der Waals surface area contributed by atoms with Crippen molar-refractivity contribution in [2.24, 2.45) is 7.05 Å². The second kappa shape index (κ2) is 6.71. The van der Waals surface area contributed by atoms with Crippen molar-refractivity contribution >= 4 is 5.91 Å². The Kier molecular flexibility index (Phi) is 4.24. The van der Waals surface area contributed by atoms with Gasteiger partial charge in [0.1, 0.15) is 11.5 Å². The van der Waals surface area contributed by atoms with Crippen LogP contribution < -0.4 is 0 Å². The molecular formula is C20H21N5O. The summed E-state index contributed by atoms with van der Waals surface area (Å²) in [6.07, 6.45) is 4.55. The van der Waals surface area contributed by atoms with Gasteiger partial charge in [-0.05, 0) is 31.5 Å². The minimum absolute atomic E-state index is 0.0741. The molecular weight excluding hydrogens is 326 g/mol. The summed E-state index contributed by atoms with van der Waals surface area (Å²) in [6, 6.07) is 11.4. The number of hydrogen-bond acceptors (Lipinski definition) is 4. The molecule has 1 fully saturated rings. The Bertz CT molecular complexity index is 934. The number of benzene rings is 1. The Morgan fingerprint density at radius 3 is 2.73 bits per heavy atom. The molecule has 3 heterocycles. The number of hydrogen-bond donors (Lipinski definition) is 0. The Morgan fingerprint density at radius 1 is 1.19 bits per heavy atom. The highest BCUT2D eigenvalue weighted by atomic mass is 16.2. The van der Waals surface area contributed by atoms with Crippen molar-refractivity contribution < 1.29 is 4.79 Å². The van der Waals surface area contributed by atoms with Gasteiger partial charge >= 0.3 is 0 Å². The lowest BCUT2D eigenvalue weighted by Crippen LogP contribution is -2.28. The average molecular weight is 347 g/mol. The van der Waals surface area contributed by atoms with Crippen LogP contribution in [0.4, 0.5) is 0 Å². The molecule has 1 atom stereocenters. The normalized spacial score (nSPS) is 16.8. The van der Waals surface area contributed by atoms with Gasteiger partial charge in [0.05, 0.1) is 0 Å². The van der Waals surface area contributed by atoms with Crippen LogP contribution in [0.2, 0.25) is 0 Å². The fourth-order valence-electron chi connectivity index (χ4n) is 3.42. The Balaban J connectivity index is 1.57. The highest BCUT2D eigenvalue weighted by Crippen LogP contribution is 2.27. The molecule has 4 rings (SSSR count). The lowest BCUT2D eigenvalue weighted by Gasteiger charge is -2.16. The van der Waals surface area contributed by atoms with E-state index < -0.39 is 0 Å². The number of aromatic nitrogens is 4. The summed E-state index contributed by atoms with van der Waals surface area (Å²) < 4.78 is 1.95. The van der Waals surface area contributed by atoms with Gasteiger partial charge in [-0.1, -0.05) is 18.2 Å². The number of aryl methyl sites for hydroxylation is 2. The zero-order valence-electron chi connectivity index (χ0n) is 15.0. The van der Waals surface area contributed by atoms with Crippen LogP contribution in [0.25, 0.3) is 11.5 Å². The zero-order valence-corrected chi connectivity index (χ0v) is 15.0. The van der Waals surface area contributed by atoms with E-state index in [4.69, 9.17) is 4.98 Å². The minimum Gasteiger partial charge on any atom is -0.338 e. The Morgan fingerprint density at radius 2 is 2.00 bits per heavy atom. The standard InChI is InChI=1S/C20H21N5O/c1-14-12-17(19-21-9-11-24(19)2)23-18(22-14)16-8-10-25(13-16)20(26)15-6-4-3-5-7-15/h3-7,9,11-12,16H,8,10,13H2,1-2H3. The minimum atomic E-state index is 0.0741. The van der Waals surface area contributed by atoms with Gasteiger partial charge in [0, 0.05) is 49.7 Å². The first kappa shape index (κ1) is 16.4. The lowest BCUT2D eigenvalue weighted by molar-refractivity contribution is 0.0790. The number of rotatable bonds is 3. The van der Waals surface area contributed by atoms with Gasteiger partial charge in [-0.3, -0.25) is 4.79 Å². The SMILES string of the molecule is Cc1cc(-c2nccn2C)nc(C2CCN(C(=O)c3ccccc3)C2)n1. The maximum absolute atomic E-state index is 12.7. The molecule has 1 unspecified atom stereocenters. The van der Waals surface area contributed by atoms with Crippen LogP contribution in [0.1, 0.15) is 34.2 Å². The molecule has 0 spiro atoms. The number of amides is 1. The first-order valence-corrected chi connectivity index (χ1v) is 8.79. The second-order valence-corrected chi connectivity index (χ2v) is 6.72. The average Bonchev–Trinajstić information content (AvgIpc) is 3.30. The number of nitrogens with zero attached hydrogens (tertiary/aromatic N) is 5. The molecule has 0 saturated carbocycles. The van der Waals surface area contributed by atoms with Gasteiger partial charge in [-0.2, -0.15) is 0 Å². The molecule has 1 aliphatic rings. The van der Waals surface area contributed by atoms with Gasteiger partial charge < -0.3 is 9.47 Å². The largest absolute Gasteiger partial charge is 0.338 e. The second-order valence-electron chi connectivity index (χ2n) is 6.72. The zero-order chi connectivity index (χ0) is 18.1. The molecule has 0 N–H and O–H groups in total. The maximum atomic E-state index is 12.7. The van der Waals surface area contributed by atoms with Crippen LogP contribution >= 0.6 is 0 Å². The molecule has 1 amide bonds. The smallest absolute Gasteiger partial charge is 0.253 e. The van der Waals surface area contributed by atoms with Gasteiger partial charge in [-0.15, -0.1) is 0 Å². The molecule has 0 aliphatic carbocycles. The molecule has 3 aromatic rings. The summed E-state index contributed by atoms with van der Waals surface area (Å²) in [5.74, 6) is 1.85. The maximum Gasteiger partial charge on any atom is 0.253 e. The Labute approximate surface area is 152 Å². The lowest BCUT2D eigenvalue weighted by atomic mass is 10.1. The third-order valence-electron chi connectivity index (χ3n) is 4.78. The molecule has 2 aromatic heterocycles. The van der Waals surface area contributed by atoms with Crippen LogP contribution in [0.15, 0.2) is 48.8 Å². The van der Waals surface area contributed by atoms with Crippen molar-refractivity contribution in [1.82, 2.24) is 24.4 Å². The van der Waals surface area contributed by atoms with E-state index in [9.17, 15) is 4.79 Å².